The van der Waals surface area contributed by atoms with Crippen LogP contribution in [0.3, 0.4) is 0 Å². The standard InChI is InChI=1S/C13H16N4O/c1-9-7-17(8-12(18-9)11-2-3-11)13-4-10(5-14)6-15-16-13/h4,6,9,11-12H,2-3,7-8H2,1H3/t9-,12+/m1/s1. The zero-order chi connectivity index (χ0) is 12.5. The van der Waals surface area contributed by atoms with Gasteiger partial charge in [-0.1, -0.05) is 0 Å². The molecule has 2 heterocycles. The number of anilines is 1. The molecule has 1 saturated heterocycles. The van der Waals surface area contributed by atoms with Crippen molar-refractivity contribution < 1.29 is 4.74 Å². The second-order valence-corrected chi connectivity index (χ2v) is 5.14. The summed E-state index contributed by atoms with van der Waals surface area (Å²) in [7, 11) is 0. The fourth-order valence-corrected chi connectivity index (χ4v) is 2.47. The van der Waals surface area contributed by atoms with Crippen molar-refractivity contribution in [3.63, 3.8) is 0 Å². The first-order chi connectivity index (χ1) is 8.76. The lowest BCUT2D eigenvalue weighted by molar-refractivity contribution is -0.0274. The Labute approximate surface area is 106 Å². The number of rotatable bonds is 2. The Hall–Kier alpha value is -1.67. The van der Waals surface area contributed by atoms with Crippen LogP contribution in [0.1, 0.15) is 25.3 Å². The summed E-state index contributed by atoms with van der Waals surface area (Å²) < 4.78 is 5.96. The maximum absolute atomic E-state index is 8.90. The minimum atomic E-state index is 0.205. The zero-order valence-corrected chi connectivity index (χ0v) is 10.4. The van der Waals surface area contributed by atoms with Gasteiger partial charge in [-0.15, -0.1) is 5.10 Å². The van der Waals surface area contributed by atoms with Gasteiger partial charge in [0.2, 0.25) is 0 Å². The van der Waals surface area contributed by atoms with Gasteiger partial charge in [-0.3, -0.25) is 0 Å². The number of morpholine rings is 1. The number of hydrogen-bond acceptors (Lipinski definition) is 5. The lowest BCUT2D eigenvalue weighted by Gasteiger charge is -2.37. The Morgan fingerprint density at radius 3 is 3.00 bits per heavy atom. The molecule has 0 radical (unpaired) electrons. The molecule has 0 bridgehead atoms. The van der Waals surface area contributed by atoms with Crippen LogP contribution in [-0.4, -0.2) is 35.5 Å². The number of nitrogens with zero attached hydrogens (tertiary/aromatic N) is 4. The van der Waals surface area contributed by atoms with Gasteiger partial charge in [0.25, 0.3) is 0 Å². The molecule has 0 spiro atoms. The quantitative estimate of drug-likeness (QED) is 0.786. The fraction of sp³-hybridized carbons (Fsp3) is 0.615. The van der Waals surface area contributed by atoms with Crippen LogP contribution in [0.4, 0.5) is 5.82 Å². The first kappa shape index (κ1) is 11.4. The van der Waals surface area contributed by atoms with E-state index < -0.39 is 0 Å². The van der Waals surface area contributed by atoms with E-state index in [4.69, 9.17) is 10.00 Å². The summed E-state index contributed by atoms with van der Waals surface area (Å²) in [5, 5.41) is 16.9. The minimum absolute atomic E-state index is 0.205. The topological polar surface area (TPSA) is 62.0 Å². The van der Waals surface area contributed by atoms with Gasteiger partial charge < -0.3 is 9.64 Å². The number of hydrogen-bond donors (Lipinski definition) is 0. The van der Waals surface area contributed by atoms with Gasteiger partial charge in [0.1, 0.15) is 6.07 Å². The van der Waals surface area contributed by atoms with Crippen LogP contribution < -0.4 is 4.90 Å². The second-order valence-electron chi connectivity index (χ2n) is 5.14. The van der Waals surface area contributed by atoms with Crippen molar-refractivity contribution in [3.05, 3.63) is 17.8 Å². The second kappa shape index (κ2) is 4.54. The van der Waals surface area contributed by atoms with Crippen LogP contribution in [0.15, 0.2) is 12.3 Å². The molecule has 2 atom stereocenters. The molecule has 0 aromatic carbocycles. The highest BCUT2D eigenvalue weighted by atomic mass is 16.5. The van der Waals surface area contributed by atoms with E-state index in [1.54, 1.807) is 6.07 Å². The molecule has 1 aromatic heterocycles. The molecular weight excluding hydrogens is 228 g/mol. The Morgan fingerprint density at radius 2 is 2.28 bits per heavy atom. The Morgan fingerprint density at radius 1 is 1.44 bits per heavy atom. The maximum Gasteiger partial charge on any atom is 0.152 e. The van der Waals surface area contributed by atoms with Gasteiger partial charge in [-0.2, -0.15) is 10.4 Å². The molecule has 1 aliphatic carbocycles. The Bertz CT molecular complexity index is 480. The third-order valence-electron chi connectivity index (χ3n) is 3.53. The summed E-state index contributed by atoms with van der Waals surface area (Å²) in [5.41, 5.74) is 0.558. The molecule has 94 valence electrons. The summed E-state index contributed by atoms with van der Waals surface area (Å²) in [5.74, 6) is 1.50. The highest BCUT2D eigenvalue weighted by Gasteiger charge is 2.37. The molecule has 5 heteroatoms. The van der Waals surface area contributed by atoms with Crippen molar-refractivity contribution in [1.82, 2.24) is 10.2 Å². The fourth-order valence-electron chi connectivity index (χ4n) is 2.47. The molecule has 3 rings (SSSR count). The normalized spacial score (nSPS) is 27.9. The van der Waals surface area contributed by atoms with Crippen LogP contribution in [0.25, 0.3) is 0 Å². The average molecular weight is 244 g/mol. The zero-order valence-electron chi connectivity index (χ0n) is 10.4. The molecule has 1 aromatic rings. The largest absolute Gasteiger partial charge is 0.371 e. The van der Waals surface area contributed by atoms with Crippen molar-refractivity contribution in [2.45, 2.75) is 32.0 Å². The molecule has 1 aliphatic heterocycles. The van der Waals surface area contributed by atoms with E-state index in [1.807, 2.05) is 0 Å². The lowest BCUT2D eigenvalue weighted by Crippen LogP contribution is -2.48. The van der Waals surface area contributed by atoms with Crippen LogP contribution >= 0.6 is 0 Å². The molecule has 5 nitrogen and oxygen atoms in total. The van der Waals surface area contributed by atoms with Gasteiger partial charge in [0, 0.05) is 19.2 Å². The summed E-state index contributed by atoms with van der Waals surface area (Å²) in [6.45, 7) is 3.76. The van der Waals surface area contributed by atoms with Gasteiger partial charge in [0.05, 0.1) is 24.0 Å². The molecule has 0 N–H and O–H groups in total. The van der Waals surface area contributed by atoms with E-state index in [0.29, 0.717) is 17.6 Å². The SMILES string of the molecule is C[C@@H]1CN(c2cc(C#N)cnn2)C[C@@H](C2CC2)O1. The molecule has 0 unspecified atom stereocenters. The molecule has 2 fully saturated rings. The molecule has 1 saturated carbocycles. The smallest absolute Gasteiger partial charge is 0.152 e. The number of nitriles is 1. The van der Waals surface area contributed by atoms with E-state index >= 15 is 0 Å². The molecule has 2 aliphatic rings. The van der Waals surface area contributed by atoms with Crippen molar-refractivity contribution in [2.24, 2.45) is 5.92 Å². The van der Waals surface area contributed by atoms with Crippen LogP contribution in [-0.2, 0) is 4.74 Å². The predicted octanol–water partition coefficient (Wildman–Crippen LogP) is 1.35. The highest BCUT2D eigenvalue weighted by molar-refractivity contribution is 5.43. The average Bonchev–Trinajstić information content (AvgIpc) is 3.22. The molecule has 18 heavy (non-hydrogen) atoms. The van der Waals surface area contributed by atoms with Crippen molar-refractivity contribution in [1.29, 1.82) is 5.26 Å². The highest BCUT2D eigenvalue weighted by Crippen LogP contribution is 2.37. The Balaban J connectivity index is 1.79. The number of ether oxygens (including phenoxy) is 1. The minimum Gasteiger partial charge on any atom is -0.371 e. The Kier molecular flexibility index (Phi) is 2.88. The van der Waals surface area contributed by atoms with E-state index in [0.717, 1.165) is 18.9 Å². The van der Waals surface area contributed by atoms with Gasteiger partial charge in [0.15, 0.2) is 5.82 Å². The summed E-state index contributed by atoms with van der Waals surface area (Å²) in [4.78, 5) is 2.19. The monoisotopic (exact) mass is 244 g/mol. The van der Waals surface area contributed by atoms with Gasteiger partial charge in [-0.25, -0.2) is 0 Å². The third kappa shape index (κ3) is 2.29. The van der Waals surface area contributed by atoms with E-state index in [1.165, 1.54) is 19.0 Å². The van der Waals surface area contributed by atoms with Crippen molar-refractivity contribution in [2.75, 3.05) is 18.0 Å². The summed E-state index contributed by atoms with van der Waals surface area (Å²) >= 11 is 0. The van der Waals surface area contributed by atoms with E-state index in [-0.39, 0.29) is 6.10 Å². The first-order valence-electron chi connectivity index (χ1n) is 6.39. The van der Waals surface area contributed by atoms with E-state index in [9.17, 15) is 0 Å². The molecule has 0 amide bonds. The number of aromatic nitrogens is 2. The third-order valence-corrected chi connectivity index (χ3v) is 3.53. The predicted molar refractivity (Wildman–Crippen MR) is 66.0 cm³/mol. The maximum atomic E-state index is 8.90. The lowest BCUT2D eigenvalue weighted by atomic mass is 10.1. The van der Waals surface area contributed by atoms with Gasteiger partial charge >= 0.3 is 0 Å². The summed E-state index contributed by atoms with van der Waals surface area (Å²) in [6.07, 6.45) is 4.55. The van der Waals surface area contributed by atoms with Crippen LogP contribution in [0.2, 0.25) is 0 Å². The van der Waals surface area contributed by atoms with Crippen molar-refractivity contribution >= 4 is 5.82 Å². The first-order valence-corrected chi connectivity index (χ1v) is 6.39. The van der Waals surface area contributed by atoms with Crippen LogP contribution in [0, 0.1) is 17.2 Å². The van der Waals surface area contributed by atoms with Gasteiger partial charge in [-0.05, 0) is 25.7 Å². The van der Waals surface area contributed by atoms with E-state index in [2.05, 4.69) is 28.1 Å². The summed E-state index contributed by atoms with van der Waals surface area (Å²) in [6, 6.07) is 3.90. The van der Waals surface area contributed by atoms with Crippen LogP contribution in [0.5, 0.6) is 0 Å². The molecular formula is C13H16N4O. The van der Waals surface area contributed by atoms with Crippen molar-refractivity contribution in [3.8, 4) is 6.07 Å².